The number of β-amino-alcohol motifs (C(OH)–C–C–N with tert-alkyl or cyclic N) is 1. The van der Waals surface area contributed by atoms with E-state index in [0.717, 1.165) is 32.5 Å². The average molecular weight is 167 g/mol. The van der Waals surface area contributed by atoms with Crippen molar-refractivity contribution in [3.8, 4) is 11.8 Å². The van der Waals surface area contributed by atoms with Crippen molar-refractivity contribution in [2.45, 2.75) is 32.3 Å². The maximum absolute atomic E-state index is 9.75. The Balaban J connectivity index is 2.39. The first-order chi connectivity index (χ1) is 5.64. The van der Waals surface area contributed by atoms with Gasteiger partial charge in [0.25, 0.3) is 0 Å². The van der Waals surface area contributed by atoms with E-state index < -0.39 is 5.60 Å². The fourth-order valence-electron chi connectivity index (χ4n) is 1.65. The molecule has 0 aliphatic carbocycles. The molecule has 68 valence electrons. The zero-order valence-electron chi connectivity index (χ0n) is 7.93. The van der Waals surface area contributed by atoms with Crippen LogP contribution < -0.4 is 0 Å². The van der Waals surface area contributed by atoms with E-state index in [-0.39, 0.29) is 0 Å². The van der Waals surface area contributed by atoms with Gasteiger partial charge in [-0.1, -0.05) is 5.92 Å². The summed E-state index contributed by atoms with van der Waals surface area (Å²) < 4.78 is 0. The van der Waals surface area contributed by atoms with Gasteiger partial charge in [-0.25, -0.2) is 0 Å². The Morgan fingerprint density at radius 2 is 2.33 bits per heavy atom. The Hall–Kier alpha value is -0.520. The van der Waals surface area contributed by atoms with E-state index in [2.05, 4.69) is 16.7 Å². The summed E-state index contributed by atoms with van der Waals surface area (Å²) in [5.41, 5.74) is -0.492. The van der Waals surface area contributed by atoms with Gasteiger partial charge in [-0.05, 0) is 33.2 Å². The van der Waals surface area contributed by atoms with E-state index in [1.54, 1.807) is 0 Å². The van der Waals surface area contributed by atoms with Gasteiger partial charge >= 0.3 is 0 Å². The first-order valence-electron chi connectivity index (χ1n) is 4.48. The number of piperidine rings is 1. The number of hydrogen-bond acceptors (Lipinski definition) is 2. The molecule has 1 N–H and O–H groups in total. The second-order valence-corrected chi connectivity index (χ2v) is 3.74. The van der Waals surface area contributed by atoms with Crippen molar-refractivity contribution < 1.29 is 5.11 Å². The van der Waals surface area contributed by atoms with Crippen LogP contribution in [0.4, 0.5) is 0 Å². The Kier molecular flexibility index (Phi) is 3.13. The Morgan fingerprint density at radius 1 is 1.58 bits per heavy atom. The zero-order valence-corrected chi connectivity index (χ0v) is 7.93. The monoisotopic (exact) mass is 167 g/mol. The van der Waals surface area contributed by atoms with Crippen LogP contribution in [0.5, 0.6) is 0 Å². The number of aliphatic hydroxyl groups is 1. The molecule has 0 saturated carbocycles. The van der Waals surface area contributed by atoms with Gasteiger partial charge in [0.05, 0.1) is 12.1 Å². The average Bonchev–Trinajstić information content (AvgIpc) is 1.99. The van der Waals surface area contributed by atoms with Crippen molar-refractivity contribution in [2.75, 3.05) is 19.6 Å². The van der Waals surface area contributed by atoms with Crippen molar-refractivity contribution in [1.82, 2.24) is 4.90 Å². The molecule has 1 rings (SSSR count). The van der Waals surface area contributed by atoms with Crippen LogP contribution in [0.3, 0.4) is 0 Å². The predicted octanol–water partition coefficient (Wildman–Crippen LogP) is 0.857. The fourth-order valence-corrected chi connectivity index (χ4v) is 1.65. The number of likely N-dealkylation sites (tertiary alicyclic amines) is 1. The van der Waals surface area contributed by atoms with Gasteiger partial charge in [0.2, 0.25) is 0 Å². The van der Waals surface area contributed by atoms with E-state index >= 15 is 0 Å². The molecule has 0 aromatic carbocycles. The van der Waals surface area contributed by atoms with Gasteiger partial charge in [-0.3, -0.25) is 4.90 Å². The Morgan fingerprint density at radius 3 is 2.92 bits per heavy atom. The van der Waals surface area contributed by atoms with Crippen LogP contribution in [-0.2, 0) is 0 Å². The van der Waals surface area contributed by atoms with E-state index in [1.165, 1.54) is 0 Å². The third-order valence-corrected chi connectivity index (χ3v) is 2.23. The van der Waals surface area contributed by atoms with Crippen LogP contribution in [0.2, 0.25) is 0 Å². The highest BCUT2D eigenvalue weighted by molar-refractivity contribution is 4.99. The summed E-state index contributed by atoms with van der Waals surface area (Å²) in [6.07, 6.45) is 2.00. The normalized spacial score (nSPS) is 30.9. The lowest BCUT2D eigenvalue weighted by atomic mass is 9.95. The molecule has 0 radical (unpaired) electrons. The highest BCUT2D eigenvalue weighted by Crippen LogP contribution is 2.19. The Bertz CT molecular complexity index is 200. The summed E-state index contributed by atoms with van der Waals surface area (Å²) in [4.78, 5) is 2.21. The third-order valence-electron chi connectivity index (χ3n) is 2.23. The minimum Gasteiger partial charge on any atom is -0.389 e. The summed E-state index contributed by atoms with van der Waals surface area (Å²) in [7, 11) is 0. The van der Waals surface area contributed by atoms with E-state index in [1.807, 2.05) is 13.8 Å². The van der Waals surface area contributed by atoms with Crippen molar-refractivity contribution >= 4 is 0 Å². The first kappa shape index (κ1) is 9.57. The van der Waals surface area contributed by atoms with Gasteiger partial charge in [0.1, 0.15) is 0 Å². The molecule has 0 aromatic heterocycles. The second kappa shape index (κ2) is 3.93. The number of rotatable bonds is 1. The largest absolute Gasteiger partial charge is 0.389 e. The van der Waals surface area contributed by atoms with Crippen molar-refractivity contribution in [3.05, 3.63) is 0 Å². The molecule has 2 heteroatoms. The molecule has 0 aromatic rings. The minimum absolute atomic E-state index is 0.492. The van der Waals surface area contributed by atoms with Crippen molar-refractivity contribution in [1.29, 1.82) is 0 Å². The smallest absolute Gasteiger partial charge is 0.0746 e. The molecule has 0 spiro atoms. The maximum Gasteiger partial charge on any atom is 0.0746 e. The third kappa shape index (κ3) is 2.84. The van der Waals surface area contributed by atoms with Crippen LogP contribution >= 0.6 is 0 Å². The summed E-state index contributed by atoms with van der Waals surface area (Å²) >= 11 is 0. The lowest BCUT2D eigenvalue weighted by Crippen LogP contribution is -2.46. The summed E-state index contributed by atoms with van der Waals surface area (Å²) in [6, 6.07) is 0. The molecule has 12 heavy (non-hydrogen) atoms. The SMILES string of the molecule is CC#CCN1CCCC(C)(O)C1. The predicted molar refractivity (Wildman–Crippen MR) is 49.7 cm³/mol. The van der Waals surface area contributed by atoms with Gasteiger partial charge in [0, 0.05) is 6.54 Å². The molecule has 1 unspecified atom stereocenters. The molecule has 1 saturated heterocycles. The topological polar surface area (TPSA) is 23.5 Å². The first-order valence-corrected chi connectivity index (χ1v) is 4.48. The lowest BCUT2D eigenvalue weighted by molar-refractivity contribution is -0.0110. The molecule has 1 aliphatic rings. The standard InChI is InChI=1S/C10H17NO/c1-3-4-7-11-8-5-6-10(2,12)9-11/h12H,5-9H2,1-2H3. The van der Waals surface area contributed by atoms with Crippen molar-refractivity contribution in [3.63, 3.8) is 0 Å². The quantitative estimate of drug-likeness (QED) is 0.585. The van der Waals surface area contributed by atoms with Gasteiger partial charge < -0.3 is 5.11 Å². The van der Waals surface area contributed by atoms with E-state index in [4.69, 9.17) is 0 Å². The van der Waals surface area contributed by atoms with Crippen LogP contribution in [-0.4, -0.2) is 35.2 Å². The lowest BCUT2D eigenvalue weighted by Gasteiger charge is -2.35. The molecular formula is C10H17NO. The number of nitrogens with zero attached hydrogens (tertiary/aromatic N) is 1. The molecule has 1 atom stereocenters. The van der Waals surface area contributed by atoms with E-state index in [0.29, 0.717) is 0 Å². The van der Waals surface area contributed by atoms with Crippen LogP contribution in [0.1, 0.15) is 26.7 Å². The molecule has 0 amide bonds. The molecule has 1 fully saturated rings. The van der Waals surface area contributed by atoms with Gasteiger partial charge in [0.15, 0.2) is 0 Å². The highest BCUT2D eigenvalue weighted by Gasteiger charge is 2.27. The van der Waals surface area contributed by atoms with Crippen LogP contribution in [0.25, 0.3) is 0 Å². The molecule has 2 nitrogen and oxygen atoms in total. The van der Waals surface area contributed by atoms with E-state index in [9.17, 15) is 5.11 Å². The maximum atomic E-state index is 9.75. The second-order valence-electron chi connectivity index (χ2n) is 3.74. The highest BCUT2D eigenvalue weighted by atomic mass is 16.3. The molecular weight excluding hydrogens is 150 g/mol. The van der Waals surface area contributed by atoms with Crippen molar-refractivity contribution in [2.24, 2.45) is 0 Å². The zero-order chi connectivity index (χ0) is 9.03. The van der Waals surface area contributed by atoms with Crippen LogP contribution in [0, 0.1) is 11.8 Å². The summed E-state index contributed by atoms with van der Waals surface area (Å²) in [5.74, 6) is 5.89. The molecule has 0 bridgehead atoms. The number of hydrogen-bond donors (Lipinski definition) is 1. The van der Waals surface area contributed by atoms with Gasteiger partial charge in [-0.2, -0.15) is 0 Å². The molecule has 1 heterocycles. The summed E-state index contributed by atoms with van der Waals surface area (Å²) in [6.45, 7) is 6.39. The molecule has 1 aliphatic heterocycles. The minimum atomic E-state index is -0.492. The van der Waals surface area contributed by atoms with Gasteiger partial charge in [-0.15, -0.1) is 5.92 Å². The fraction of sp³-hybridized carbons (Fsp3) is 0.800. The Labute approximate surface area is 74.6 Å². The van der Waals surface area contributed by atoms with Crippen LogP contribution in [0.15, 0.2) is 0 Å². The summed E-state index contributed by atoms with van der Waals surface area (Å²) in [5, 5.41) is 9.75.